The van der Waals surface area contributed by atoms with Crippen LogP contribution in [0, 0.1) is 0 Å². The third-order valence-electron chi connectivity index (χ3n) is 7.43. The first-order valence-corrected chi connectivity index (χ1v) is 14.2. The molecule has 0 saturated carbocycles. The third-order valence-corrected chi connectivity index (χ3v) is 7.43. The zero-order valence-electron chi connectivity index (χ0n) is 24.2. The van der Waals surface area contributed by atoms with Crippen LogP contribution in [0.2, 0.25) is 0 Å². The maximum Gasteiger partial charge on any atom is 0.330 e. The van der Waals surface area contributed by atoms with Crippen LogP contribution in [-0.4, -0.2) is 31.4 Å². The Kier molecular flexibility index (Phi) is 10.7. The van der Waals surface area contributed by atoms with Gasteiger partial charge in [0, 0.05) is 6.08 Å². The van der Waals surface area contributed by atoms with Crippen molar-refractivity contribution in [3.05, 3.63) is 156 Å². The highest BCUT2D eigenvalue weighted by molar-refractivity contribution is 5.81. The minimum Gasteiger partial charge on any atom is -0.466 e. The Morgan fingerprint density at radius 2 is 1.46 bits per heavy atom. The van der Waals surface area contributed by atoms with Crippen LogP contribution >= 0.6 is 0 Å². The van der Waals surface area contributed by atoms with E-state index in [1.807, 2.05) is 67.6 Å². The predicted molar refractivity (Wildman–Crippen MR) is 165 cm³/mol. The molecule has 4 rings (SSSR count). The quantitative estimate of drug-likeness (QED) is 0.0891. The lowest BCUT2D eigenvalue weighted by atomic mass is 9.79. The lowest BCUT2D eigenvalue weighted by molar-refractivity contribution is -0.135. The number of allylic oxidation sites excluding steroid dienone is 3. The van der Waals surface area contributed by atoms with Gasteiger partial charge in [0.2, 0.25) is 0 Å². The molecular weight excluding hydrogens is 508 g/mol. The van der Waals surface area contributed by atoms with Gasteiger partial charge in [-0.1, -0.05) is 127 Å². The van der Waals surface area contributed by atoms with E-state index in [4.69, 9.17) is 14.2 Å². The average molecular weight is 549 g/mol. The van der Waals surface area contributed by atoms with Gasteiger partial charge in [-0.25, -0.2) is 4.79 Å². The van der Waals surface area contributed by atoms with Gasteiger partial charge >= 0.3 is 5.97 Å². The molecule has 0 radical (unpaired) electrons. The van der Waals surface area contributed by atoms with Gasteiger partial charge in [0.15, 0.2) is 0 Å². The molecule has 3 aromatic rings. The molecule has 41 heavy (non-hydrogen) atoms. The number of esters is 1. The van der Waals surface area contributed by atoms with Gasteiger partial charge in [-0.2, -0.15) is 0 Å². The van der Waals surface area contributed by atoms with Crippen LogP contribution in [0.4, 0.5) is 0 Å². The van der Waals surface area contributed by atoms with E-state index in [-0.39, 0.29) is 6.10 Å². The van der Waals surface area contributed by atoms with Crippen LogP contribution in [0.1, 0.15) is 49.8 Å². The molecule has 3 aromatic carbocycles. The van der Waals surface area contributed by atoms with Crippen LogP contribution in [0.25, 0.3) is 0 Å². The molecule has 1 aliphatic rings. The molecule has 0 N–H and O–H groups in total. The minimum absolute atomic E-state index is 0.222. The van der Waals surface area contributed by atoms with Crippen molar-refractivity contribution < 1.29 is 19.0 Å². The molecule has 0 amide bonds. The van der Waals surface area contributed by atoms with E-state index in [1.165, 1.54) is 18.8 Å². The molecule has 1 aliphatic heterocycles. The van der Waals surface area contributed by atoms with Gasteiger partial charge in [0.1, 0.15) is 11.7 Å². The summed E-state index contributed by atoms with van der Waals surface area (Å²) < 4.78 is 19.1. The zero-order valence-corrected chi connectivity index (χ0v) is 24.2. The number of benzene rings is 3. The largest absolute Gasteiger partial charge is 0.466 e. The average Bonchev–Trinajstić information content (AvgIpc) is 3.08. The molecular formula is C37H40O4. The summed E-state index contributed by atoms with van der Waals surface area (Å²) in [7, 11) is 1.38. The lowest BCUT2D eigenvalue weighted by Crippen LogP contribution is -2.42. The van der Waals surface area contributed by atoms with Crippen molar-refractivity contribution in [2.75, 3.05) is 7.11 Å². The van der Waals surface area contributed by atoms with E-state index in [2.05, 4.69) is 62.1 Å². The Morgan fingerprint density at radius 3 is 1.95 bits per heavy atom. The summed E-state index contributed by atoms with van der Waals surface area (Å²) in [6.07, 6.45) is 10.5. The number of rotatable bonds is 9. The third kappa shape index (κ3) is 7.60. The second-order valence-corrected chi connectivity index (χ2v) is 10.4. The number of carbonyl (C=O) groups is 1. The monoisotopic (exact) mass is 548 g/mol. The van der Waals surface area contributed by atoms with Gasteiger partial charge in [0.25, 0.3) is 0 Å². The summed E-state index contributed by atoms with van der Waals surface area (Å²) in [5, 5.41) is 0. The molecule has 212 valence electrons. The first-order valence-electron chi connectivity index (χ1n) is 14.2. The van der Waals surface area contributed by atoms with Crippen molar-refractivity contribution in [2.24, 2.45) is 0 Å². The molecule has 0 aliphatic carbocycles. The summed E-state index contributed by atoms with van der Waals surface area (Å²) in [6, 6.07) is 30.9. The van der Waals surface area contributed by atoms with Crippen molar-refractivity contribution in [2.45, 2.75) is 57.0 Å². The van der Waals surface area contributed by atoms with Crippen molar-refractivity contribution in [1.82, 2.24) is 0 Å². The van der Waals surface area contributed by atoms with Crippen molar-refractivity contribution in [1.29, 1.82) is 0 Å². The molecule has 3 atom stereocenters. The summed E-state index contributed by atoms with van der Waals surface area (Å²) >= 11 is 0. The van der Waals surface area contributed by atoms with Gasteiger partial charge in [-0.15, -0.1) is 0 Å². The van der Waals surface area contributed by atoms with Crippen LogP contribution in [0.15, 0.2) is 139 Å². The molecule has 4 heteroatoms. The van der Waals surface area contributed by atoms with E-state index >= 15 is 0 Å². The molecule has 0 saturated heterocycles. The van der Waals surface area contributed by atoms with Gasteiger partial charge in [-0.05, 0) is 55.9 Å². The number of methoxy groups -OCH3 is 1. The highest BCUT2D eigenvalue weighted by atomic mass is 16.6. The Hall–Kier alpha value is -3.99. The normalized spacial score (nSPS) is 21.7. The molecule has 0 aromatic heterocycles. The Bertz CT molecular complexity index is 1260. The van der Waals surface area contributed by atoms with Gasteiger partial charge < -0.3 is 14.2 Å². The first-order chi connectivity index (χ1) is 20.0. The molecule has 0 fully saturated rings. The van der Waals surface area contributed by atoms with Crippen LogP contribution in [0.3, 0.4) is 0 Å². The summed E-state index contributed by atoms with van der Waals surface area (Å²) in [4.78, 5) is 12.2. The van der Waals surface area contributed by atoms with E-state index < -0.39 is 23.8 Å². The van der Waals surface area contributed by atoms with E-state index in [1.54, 1.807) is 6.08 Å². The van der Waals surface area contributed by atoms with Crippen molar-refractivity contribution in [3.8, 4) is 0 Å². The van der Waals surface area contributed by atoms with Gasteiger partial charge in [-0.3, -0.25) is 0 Å². The second-order valence-electron chi connectivity index (χ2n) is 10.4. The topological polar surface area (TPSA) is 44.8 Å². The molecule has 0 bridgehead atoms. The Labute approximate surface area is 244 Å². The maximum absolute atomic E-state index is 12.2. The minimum atomic E-state index is -0.926. The van der Waals surface area contributed by atoms with E-state index in [0.29, 0.717) is 6.42 Å². The fourth-order valence-electron chi connectivity index (χ4n) is 5.34. The number of hydrogen-bond acceptors (Lipinski definition) is 4. The second kappa shape index (κ2) is 14.6. The van der Waals surface area contributed by atoms with Crippen molar-refractivity contribution in [3.63, 3.8) is 0 Å². The Morgan fingerprint density at radius 1 is 0.927 bits per heavy atom. The highest BCUT2D eigenvalue weighted by Crippen LogP contribution is 2.43. The van der Waals surface area contributed by atoms with E-state index in [9.17, 15) is 4.79 Å². The SMILES string of the molecule is C=C/C(C)=C/[C@H]1C/C(C)=C/CC[C@@H](OC(c2ccccc2)(c2ccccc2)c2ccccc2)[C@@H](/C=C/C(=O)OC)O1. The summed E-state index contributed by atoms with van der Waals surface area (Å²) in [5.74, 6) is -0.434. The lowest BCUT2D eigenvalue weighted by Gasteiger charge is -2.41. The maximum atomic E-state index is 12.2. The molecule has 1 heterocycles. The number of carbonyl (C=O) groups excluding carboxylic acids is 1. The predicted octanol–water partition coefficient (Wildman–Crippen LogP) is 8.11. The highest BCUT2D eigenvalue weighted by Gasteiger charge is 2.41. The Balaban J connectivity index is 1.90. The number of ether oxygens (including phenoxy) is 3. The van der Waals surface area contributed by atoms with Crippen LogP contribution in [-0.2, 0) is 24.6 Å². The van der Waals surface area contributed by atoms with Gasteiger partial charge in [0.05, 0.1) is 19.3 Å². The molecule has 4 nitrogen and oxygen atoms in total. The smallest absolute Gasteiger partial charge is 0.330 e. The molecule has 0 unspecified atom stereocenters. The fraction of sp³-hybridized carbons (Fsp3) is 0.270. The summed E-state index contributed by atoms with van der Waals surface area (Å²) in [5.41, 5.74) is 4.39. The van der Waals surface area contributed by atoms with E-state index in [0.717, 1.165) is 35.1 Å². The van der Waals surface area contributed by atoms with Crippen LogP contribution in [0.5, 0.6) is 0 Å². The standard InChI is InChI=1S/C37H40O4/c1-5-28(2)26-33-27-29(3)16-15-23-35(34(40-33)24-25-36(38)39-4)41-37(30-17-9-6-10-18-30,31-19-11-7-12-20-31)32-21-13-8-14-22-32/h5-14,16-22,24-26,33-35H,1,15,23,27H2,2-4H3/b25-24+,28-26+,29-16+/t33-,34+,35+/m0/s1. The molecule has 0 spiro atoms. The number of hydrogen-bond donors (Lipinski definition) is 0. The summed E-state index contributed by atoms with van der Waals surface area (Å²) in [6.45, 7) is 8.07. The fourth-order valence-corrected chi connectivity index (χ4v) is 5.34. The van der Waals surface area contributed by atoms with Crippen molar-refractivity contribution >= 4 is 5.97 Å². The zero-order chi connectivity index (χ0) is 29.1. The van der Waals surface area contributed by atoms with Crippen LogP contribution < -0.4 is 0 Å². The first kappa shape index (κ1) is 30.0.